The van der Waals surface area contributed by atoms with Crippen LogP contribution in [0.3, 0.4) is 0 Å². The number of nitrogens with one attached hydrogen (secondary N) is 1. The second kappa shape index (κ2) is 10.7. The zero-order chi connectivity index (χ0) is 27.2. The molecule has 2 atom stereocenters. The molecule has 3 aliphatic rings. The fourth-order valence-corrected chi connectivity index (χ4v) is 8.89. The Bertz CT molecular complexity index is 1560. The maximum atomic E-state index is 5.33. The number of fused-ring (bicyclic) bond motifs is 8. The highest BCUT2D eigenvalue weighted by Crippen LogP contribution is 2.50. The number of benzene rings is 2. The molecule has 206 valence electrons. The minimum atomic E-state index is -0.0575. The minimum Gasteiger partial charge on any atom is -0.497 e. The van der Waals surface area contributed by atoms with Gasteiger partial charge < -0.3 is 9.47 Å². The van der Waals surface area contributed by atoms with Crippen molar-refractivity contribution < 1.29 is 9.47 Å². The Morgan fingerprint density at radius 3 is 2.30 bits per heavy atom. The van der Waals surface area contributed by atoms with Crippen molar-refractivity contribution in [3.8, 4) is 16.5 Å². The molecule has 1 aliphatic carbocycles. The number of hydrazone groups is 1. The first-order valence-electron chi connectivity index (χ1n) is 13.4. The van der Waals surface area contributed by atoms with Crippen LogP contribution in [0.4, 0.5) is 5.95 Å². The van der Waals surface area contributed by atoms with E-state index in [0.717, 1.165) is 52.1 Å². The van der Waals surface area contributed by atoms with E-state index in [-0.39, 0.29) is 6.17 Å². The molecule has 0 spiro atoms. The van der Waals surface area contributed by atoms with E-state index in [1.54, 1.807) is 37.7 Å². The number of nitrogens with zero attached hydrogens (tertiary/aromatic N) is 5. The highest BCUT2D eigenvalue weighted by atomic mass is 32.2. The number of hydrogen-bond donors (Lipinski definition) is 1. The average Bonchev–Trinajstić information content (AvgIpc) is 3.70. The smallest absolute Gasteiger partial charge is 0.241 e. The van der Waals surface area contributed by atoms with Crippen LogP contribution in [0.25, 0.3) is 5.00 Å². The third-order valence-electron chi connectivity index (χ3n) is 7.64. The average molecular weight is 591 g/mol. The number of hydrogen-bond acceptors (Lipinski definition) is 10. The number of ether oxygens (including phenoxy) is 2. The van der Waals surface area contributed by atoms with Crippen molar-refractivity contribution in [1.82, 2.24) is 20.2 Å². The summed E-state index contributed by atoms with van der Waals surface area (Å²) in [5.74, 6) is 4.86. The van der Waals surface area contributed by atoms with Crippen molar-refractivity contribution in [2.75, 3.05) is 19.1 Å². The van der Waals surface area contributed by atoms with Gasteiger partial charge in [0.25, 0.3) is 0 Å². The molecule has 4 heterocycles. The van der Waals surface area contributed by atoms with Crippen molar-refractivity contribution in [2.45, 2.75) is 49.0 Å². The van der Waals surface area contributed by atoms with Gasteiger partial charge in [0.2, 0.25) is 5.95 Å². The summed E-state index contributed by atoms with van der Waals surface area (Å²) < 4.78 is 12.9. The van der Waals surface area contributed by atoms with Crippen molar-refractivity contribution in [3.63, 3.8) is 0 Å². The molecular weight excluding hydrogens is 561 g/mol. The van der Waals surface area contributed by atoms with Gasteiger partial charge in [-0.25, -0.2) is 4.57 Å². The number of thiophene rings is 1. The number of methoxy groups -OCH3 is 2. The largest absolute Gasteiger partial charge is 0.497 e. The molecular formula is C29H30N6O2S3. The second-order valence-electron chi connectivity index (χ2n) is 10.3. The Kier molecular flexibility index (Phi) is 6.89. The Balaban J connectivity index is 1.21. The van der Waals surface area contributed by atoms with Crippen LogP contribution in [-0.4, -0.2) is 34.2 Å². The van der Waals surface area contributed by atoms with E-state index in [0.29, 0.717) is 5.92 Å². The molecule has 0 bridgehead atoms. The molecule has 2 aromatic carbocycles. The molecule has 4 aromatic rings. The number of thioether (sulfide) groups is 2. The van der Waals surface area contributed by atoms with Gasteiger partial charge in [-0.15, -0.1) is 21.5 Å². The topological polar surface area (TPSA) is 76.8 Å². The molecule has 0 amide bonds. The van der Waals surface area contributed by atoms with E-state index in [1.165, 1.54) is 38.6 Å². The third-order valence-corrected chi connectivity index (χ3v) is 10.9. The summed E-state index contributed by atoms with van der Waals surface area (Å²) in [5.41, 5.74) is 8.73. The van der Waals surface area contributed by atoms with Gasteiger partial charge in [-0.1, -0.05) is 54.7 Å². The molecule has 0 radical (unpaired) electrons. The third kappa shape index (κ3) is 4.53. The van der Waals surface area contributed by atoms with Gasteiger partial charge in [-0.05, 0) is 66.1 Å². The predicted molar refractivity (Wildman–Crippen MR) is 163 cm³/mol. The minimum absolute atomic E-state index is 0.0575. The van der Waals surface area contributed by atoms with E-state index in [1.807, 2.05) is 35.6 Å². The lowest BCUT2D eigenvalue weighted by Gasteiger charge is -2.32. The second-order valence-corrected chi connectivity index (χ2v) is 13.2. The molecule has 2 aliphatic heterocycles. The van der Waals surface area contributed by atoms with Gasteiger partial charge in [-0.2, -0.15) is 5.10 Å². The summed E-state index contributed by atoms with van der Waals surface area (Å²) in [6, 6.07) is 16.4. The zero-order valence-corrected chi connectivity index (χ0v) is 25.0. The maximum Gasteiger partial charge on any atom is 0.241 e. The molecule has 11 heteroatoms. The van der Waals surface area contributed by atoms with Gasteiger partial charge in [0.1, 0.15) is 16.5 Å². The fraction of sp³-hybridized carbons (Fsp3) is 0.345. The molecule has 1 unspecified atom stereocenters. The summed E-state index contributed by atoms with van der Waals surface area (Å²) in [4.78, 5) is 3.74. The molecule has 2 aromatic heterocycles. The first kappa shape index (κ1) is 25.8. The molecule has 0 fully saturated rings. The monoisotopic (exact) mass is 590 g/mol. The van der Waals surface area contributed by atoms with Crippen LogP contribution >= 0.6 is 34.9 Å². The van der Waals surface area contributed by atoms with Crippen molar-refractivity contribution in [2.24, 2.45) is 11.0 Å². The van der Waals surface area contributed by atoms with E-state index in [9.17, 15) is 0 Å². The van der Waals surface area contributed by atoms with E-state index < -0.39 is 0 Å². The highest BCUT2D eigenvalue weighted by Gasteiger charge is 2.44. The zero-order valence-electron chi connectivity index (χ0n) is 22.6. The molecule has 1 N–H and O–H groups in total. The Morgan fingerprint density at radius 2 is 1.62 bits per heavy atom. The molecule has 0 saturated carbocycles. The lowest BCUT2D eigenvalue weighted by molar-refractivity contribution is 0.414. The summed E-state index contributed by atoms with van der Waals surface area (Å²) in [7, 11) is 3.38. The van der Waals surface area contributed by atoms with Gasteiger partial charge in [-0.3, -0.25) is 10.3 Å². The lowest BCUT2D eigenvalue weighted by Crippen LogP contribution is -2.38. The summed E-state index contributed by atoms with van der Waals surface area (Å²) in [5, 5.41) is 17.3. The van der Waals surface area contributed by atoms with Crippen LogP contribution in [0.5, 0.6) is 11.5 Å². The van der Waals surface area contributed by atoms with Crippen LogP contribution in [0.15, 0.2) is 58.8 Å². The van der Waals surface area contributed by atoms with Crippen LogP contribution in [0.1, 0.15) is 46.6 Å². The first-order valence-corrected chi connectivity index (χ1v) is 16.2. The summed E-state index contributed by atoms with van der Waals surface area (Å²) >= 11 is 5.34. The molecule has 0 saturated heterocycles. The van der Waals surface area contributed by atoms with Crippen molar-refractivity contribution in [1.29, 1.82) is 0 Å². The van der Waals surface area contributed by atoms with Crippen LogP contribution in [0.2, 0.25) is 0 Å². The van der Waals surface area contributed by atoms with E-state index >= 15 is 0 Å². The molecule has 7 rings (SSSR count). The van der Waals surface area contributed by atoms with Crippen LogP contribution < -0.4 is 19.8 Å². The van der Waals surface area contributed by atoms with Gasteiger partial charge >= 0.3 is 0 Å². The molecule has 40 heavy (non-hydrogen) atoms. The molecule has 8 nitrogen and oxygen atoms in total. The van der Waals surface area contributed by atoms with Gasteiger partial charge in [0.05, 0.1) is 14.2 Å². The maximum absolute atomic E-state index is 5.33. The standard InChI is InChI=1S/C29H30N6O2S3/c1-17-4-13-22-23(14-17)40-26-24(22)25-30-32-28(38-15-18-5-9-20(36-2)10-6-18)34(25)27-31-33-29(35(26)27)39-16-19-7-11-21(37-3)12-8-19/h5-12,17,25,30H,4,13-16H2,1-3H3/t17-,25?/m0/s1. The van der Waals surface area contributed by atoms with Gasteiger partial charge in [0, 0.05) is 21.9 Å². The van der Waals surface area contributed by atoms with Crippen molar-refractivity contribution >= 4 is 46.0 Å². The SMILES string of the molecule is COc1ccc(CSC2=NNC3c4c(sc5c4CC[C@H](C)C5)-n4c(SCc5ccc(OC)cc5)nnc4N23)cc1. The number of amidine groups is 1. The number of aromatic nitrogens is 3. The normalized spacial score (nSPS) is 18.8. The Labute approximate surface area is 246 Å². The first-order chi connectivity index (χ1) is 19.6. The highest BCUT2D eigenvalue weighted by molar-refractivity contribution is 8.13. The summed E-state index contributed by atoms with van der Waals surface area (Å²) in [6.07, 6.45) is 3.40. The van der Waals surface area contributed by atoms with E-state index in [4.69, 9.17) is 24.8 Å². The lowest BCUT2D eigenvalue weighted by atomic mass is 9.87. The van der Waals surface area contributed by atoms with E-state index in [2.05, 4.69) is 46.1 Å². The summed E-state index contributed by atoms with van der Waals surface area (Å²) in [6.45, 7) is 2.36. The van der Waals surface area contributed by atoms with Crippen molar-refractivity contribution in [3.05, 3.63) is 75.7 Å². The van der Waals surface area contributed by atoms with Crippen LogP contribution in [-0.2, 0) is 24.3 Å². The van der Waals surface area contributed by atoms with Crippen LogP contribution in [0, 0.1) is 5.92 Å². The Hall–Kier alpha value is -3.15. The fourth-order valence-electron chi connectivity index (χ4n) is 5.47. The Morgan fingerprint density at radius 1 is 0.950 bits per heavy atom. The van der Waals surface area contributed by atoms with Gasteiger partial charge in [0.15, 0.2) is 16.5 Å². The predicted octanol–water partition coefficient (Wildman–Crippen LogP) is 6.39. The quantitative estimate of drug-likeness (QED) is 0.248. The number of anilines is 1. The number of rotatable bonds is 7.